The normalized spacial score (nSPS) is 11.6. The zero-order chi connectivity index (χ0) is 53.7. The lowest BCUT2D eigenvalue weighted by molar-refractivity contribution is 0.669. The van der Waals surface area contributed by atoms with Gasteiger partial charge in [0.25, 0.3) is 0 Å². The number of benzene rings is 11. The number of nitrogens with zero attached hydrogens (tertiary/aromatic N) is 3. The fourth-order valence-electron chi connectivity index (χ4n) is 11.9. The van der Waals surface area contributed by atoms with Crippen molar-refractivity contribution in [2.45, 2.75) is 41.5 Å². The molecule has 0 amide bonds. The summed E-state index contributed by atoms with van der Waals surface area (Å²) >= 11 is 1.91. The van der Waals surface area contributed by atoms with Gasteiger partial charge in [-0.15, -0.1) is 11.3 Å². The fraction of sp³-hybridized carbons (Fsp3) is 0.0811. The number of fused-ring (bicyclic) bond motifs is 15. The van der Waals surface area contributed by atoms with E-state index in [4.69, 9.17) is 4.42 Å². The van der Waals surface area contributed by atoms with Crippen molar-refractivity contribution in [3.63, 3.8) is 0 Å². The monoisotopic (exact) mass is 1040 g/mol. The summed E-state index contributed by atoms with van der Waals surface area (Å²) in [5.41, 5.74) is 17.2. The van der Waals surface area contributed by atoms with Crippen molar-refractivity contribution >= 4 is 119 Å². The van der Waals surface area contributed by atoms with Crippen LogP contribution in [0.5, 0.6) is 0 Å². The van der Waals surface area contributed by atoms with Gasteiger partial charge in [-0.05, 0) is 127 Å². The molecule has 382 valence electrons. The van der Waals surface area contributed by atoms with Crippen LogP contribution in [0.15, 0.2) is 253 Å². The zero-order valence-electron chi connectivity index (χ0n) is 45.3. The molecule has 0 N–H and O–H groups in total. The Morgan fingerprint density at radius 1 is 0.304 bits per heavy atom. The predicted octanol–water partition coefficient (Wildman–Crippen LogP) is 22.2. The summed E-state index contributed by atoms with van der Waals surface area (Å²) in [6.45, 7) is 12.0. The molecule has 0 aliphatic heterocycles. The Kier molecular flexibility index (Phi) is 12.8. The fourth-order valence-corrected chi connectivity index (χ4v) is 13.2. The van der Waals surface area contributed by atoms with Crippen molar-refractivity contribution in [3.05, 3.63) is 249 Å². The van der Waals surface area contributed by atoms with Gasteiger partial charge in [0.1, 0.15) is 11.2 Å². The second-order valence-corrected chi connectivity index (χ2v) is 20.5. The van der Waals surface area contributed by atoms with Gasteiger partial charge in [-0.1, -0.05) is 185 Å². The molecule has 0 saturated carbocycles. The highest BCUT2D eigenvalue weighted by Crippen LogP contribution is 2.47. The summed E-state index contributed by atoms with van der Waals surface area (Å²) < 4.78 is 16.1. The first kappa shape index (κ1) is 49.2. The number of hydrogen-bond acceptors (Lipinski definition) is 2. The molecule has 0 atom stereocenters. The molecule has 16 rings (SSSR count). The minimum atomic E-state index is 0.899. The van der Waals surface area contributed by atoms with Crippen LogP contribution < -0.4 is 0 Å². The van der Waals surface area contributed by atoms with Crippen LogP contribution >= 0.6 is 11.3 Å². The Bertz CT molecular complexity index is 4880. The largest absolute Gasteiger partial charge is 0.456 e. The molecule has 16 aromatic rings. The average molecular weight is 1040 g/mol. The number of allylic oxidation sites excluding steroid dienone is 2. The van der Waals surface area contributed by atoms with Gasteiger partial charge in [0.15, 0.2) is 0 Å². The van der Waals surface area contributed by atoms with Crippen LogP contribution in [0.2, 0.25) is 0 Å². The Morgan fingerprint density at radius 2 is 0.772 bits per heavy atom. The molecule has 0 bridgehead atoms. The molecular weight excluding hydrogens is 979 g/mol. The molecule has 0 unspecified atom stereocenters. The highest BCUT2D eigenvalue weighted by Gasteiger charge is 2.22. The number of hydrogen-bond donors (Lipinski definition) is 0. The summed E-state index contributed by atoms with van der Waals surface area (Å²) in [5, 5.41) is 12.2. The SMILES string of the molecule is C/C=C\C.CC.CC.c1cc(-c2cc(-n3c4ccccc4c4ccccc43)c3sc4c(-c5ccc6c(c5)c5ccccc5n6-c5ccc6oc7ccccc7c6c5)cccc4c3c2)cc(-n2c3ccccc3c3ccccc32)c1. The molecule has 5 heteroatoms. The lowest BCUT2D eigenvalue weighted by Crippen LogP contribution is -1.96. The number of aromatic nitrogens is 3. The van der Waals surface area contributed by atoms with E-state index in [1.54, 1.807) is 0 Å². The van der Waals surface area contributed by atoms with Crippen molar-refractivity contribution in [1.29, 1.82) is 0 Å². The van der Waals surface area contributed by atoms with Crippen molar-refractivity contribution in [3.8, 4) is 39.3 Å². The Balaban J connectivity index is 0.000000703. The van der Waals surface area contributed by atoms with E-state index in [0.717, 1.165) is 33.3 Å². The number of furan rings is 1. The van der Waals surface area contributed by atoms with E-state index in [-0.39, 0.29) is 0 Å². The van der Waals surface area contributed by atoms with Crippen molar-refractivity contribution in [2.75, 3.05) is 0 Å². The van der Waals surface area contributed by atoms with Gasteiger partial charge in [0.2, 0.25) is 0 Å². The van der Waals surface area contributed by atoms with E-state index < -0.39 is 0 Å². The maximum absolute atomic E-state index is 6.25. The predicted molar refractivity (Wildman–Crippen MR) is 344 cm³/mol. The van der Waals surface area contributed by atoms with E-state index in [1.807, 2.05) is 77.2 Å². The highest BCUT2D eigenvalue weighted by molar-refractivity contribution is 7.26. The van der Waals surface area contributed by atoms with E-state index in [2.05, 4.69) is 238 Å². The first-order valence-corrected chi connectivity index (χ1v) is 28.5. The van der Waals surface area contributed by atoms with Gasteiger partial charge in [-0.25, -0.2) is 0 Å². The Morgan fingerprint density at radius 3 is 1.37 bits per heavy atom. The second kappa shape index (κ2) is 20.5. The van der Waals surface area contributed by atoms with Gasteiger partial charge in [0, 0.05) is 69.9 Å². The van der Waals surface area contributed by atoms with Gasteiger partial charge >= 0.3 is 0 Å². The molecule has 0 saturated heterocycles. The van der Waals surface area contributed by atoms with Crippen LogP contribution in [-0.2, 0) is 0 Å². The molecule has 0 aliphatic carbocycles. The molecule has 5 heterocycles. The van der Waals surface area contributed by atoms with E-state index in [1.165, 1.54) is 114 Å². The number of rotatable bonds is 5. The minimum Gasteiger partial charge on any atom is -0.456 e. The zero-order valence-corrected chi connectivity index (χ0v) is 46.1. The van der Waals surface area contributed by atoms with Gasteiger partial charge in [-0.3, -0.25) is 0 Å². The Hall–Kier alpha value is -9.42. The molecule has 0 spiro atoms. The maximum Gasteiger partial charge on any atom is 0.135 e. The van der Waals surface area contributed by atoms with Gasteiger partial charge < -0.3 is 18.1 Å². The first-order chi connectivity index (χ1) is 39.1. The molecule has 0 radical (unpaired) electrons. The summed E-state index contributed by atoms with van der Waals surface area (Å²) in [6.07, 6.45) is 4.00. The van der Waals surface area contributed by atoms with E-state index in [9.17, 15) is 0 Å². The summed E-state index contributed by atoms with van der Waals surface area (Å²) in [6, 6.07) is 86.9. The molecule has 11 aromatic carbocycles. The molecule has 0 aliphatic rings. The lowest BCUT2D eigenvalue weighted by Gasteiger charge is -2.14. The molecule has 0 fully saturated rings. The third-order valence-electron chi connectivity index (χ3n) is 15.4. The highest BCUT2D eigenvalue weighted by atomic mass is 32.1. The maximum atomic E-state index is 6.25. The second-order valence-electron chi connectivity index (χ2n) is 19.5. The quantitative estimate of drug-likeness (QED) is 0.158. The molecule has 5 aromatic heterocycles. The third kappa shape index (κ3) is 7.95. The Labute approximate surface area is 463 Å². The van der Waals surface area contributed by atoms with E-state index in [0.29, 0.717) is 0 Å². The topological polar surface area (TPSA) is 27.9 Å². The van der Waals surface area contributed by atoms with Crippen molar-refractivity contribution in [2.24, 2.45) is 0 Å². The smallest absolute Gasteiger partial charge is 0.135 e. The van der Waals surface area contributed by atoms with Crippen LogP contribution in [0, 0.1) is 0 Å². The van der Waals surface area contributed by atoms with Gasteiger partial charge in [-0.2, -0.15) is 0 Å². The molecule has 4 nitrogen and oxygen atoms in total. The minimum absolute atomic E-state index is 0.899. The van der Waals surface area contributed by atoms with Crippen LogP contribution in [0.3, 0.4) is 0 Å². The van der Waals surface area contributed by atoms with Gasteiger partial charge in [0.05, 0.1) is 43.5 Å². The first-order valence-electron chi connectivity index (χ1n) is 27.7. The number of para-hydroxylation sites is 6. The van der Waals surface area contributed by atoms with Crippen molar-refractivity contribution in [1.82, 2.24) is 13.7 Å². The standard InChI is InChI=1S/C66H39N3OS.C4H8.2C2H6/c1-7-25-56-46(17-1)47-18-2-8-26-57(47)67(56)43-16-13-15-40(35-43)42-37-55-52-24-14-23-45(65(52)71-66(55)62(38-42)69-59-28-10-3-19-48(59)49-20-4-11-29-60(49)69)41-31-33-61-53(36-41)50-21-5-9-27-58(50)68(61)44-32-34-64-54(39-44)51-22-6-12-30-63(51)70-64;1-3-4-2;2*1-2/h1-39H;3-4H,1-2H3;2*1-2H3/b;4-3-;;. The van der Waals surface area contributed by atoms with Crippen LogP contribution in [0.25, 0.3) is 147 Å². The third-order valence-corrected chi connectivity index (χ3v) is 16.6. The average Bonchev–Trinajstić information content (AvgIpc) is 4.53. The van der Waals surface area contributed by atoms with Crippen LogP contribution in [-0.4, -0.2) is 13.7 Å². The lowest BCUT2D eigenvalue weighted by atomic mass is 9.98. The molecular formula is C74H59N3OS. The summed E-state index contributed by atoms with van der Waals surface area (Å²) in [7, 11) is 0. The summed E-state index contributed by atoms with van der Waals surface area (Å²) in [5.74, 6) is 0. The van der Waals surface area contributed by atoms with Crippen LogP contribution in [0.4, 0.5) is 0 Å². The molecule has 79 heavy (non-hydrogen) atoms. The number of thiophene rings is 1. The van der Waals surface area contributed by atoms with E-state index >= 15 is 0 Å². The van der Waals surface area contributed by atoms with Crippen molar-refractivity contribution < 1.29 is 4.42 Å². The summed E-state index contributed by atoms with van der Waals surface area (Å²) in [4.78, 5) is 0. The van der Waals surface area contributed by atoms with Crippen LogP contribution in [0.1, 0.15) is 41.5 Å².